The molecule has 2 amide bonds. The lowest BCUT2D eigenvalue weighted by Gasteiger charge is -2.21. The van der Waals surface area contributed by atoms with Crippen LogP contribution in [0.25, 0.3) is 0 Å². The topological polar surface area (TPSA) is 62.3 Å². The molecule has 5 heteroatoms. The zero-order valence-corrected chi connectivity index (χ0v) is 17.2. The van der Waals surface area contributed by atoms with E-state index in [2.05, 4.69) is 10.3 Å². The molecule has 0 saturated heterocycles. The van der Waals surface area contributed by atoms with Crippen molar-refractivity contribution in [2.75, 3.05) is 16.8 Å². The van der Waals surface area contributed by atoms with Gasteiger partial charge in [0.2, 0.25) is 0 Å². The van der Waals surface area contributed by atoms with E-state index in [1.54, 1.807) is 11.0 Å². The first-order chi connectivity index (χ1) is 13.9. The number of amides is 2. The van der Waals surface area contributed by atoms with Crippen molar-refractivity contribution in [3.63, 3.8) is 0 Å². The van der Waals surface area contributed by atoms with Gasteiger partial charge in [-0.3, -0.25) is 14.6 Å². The van der Waals surface area contributed by atoms with Crippen molar-refractivity contribution in [2.45, 2.75) is 27.7 Å². The Labute approximate surface area is 171 Å². The van der Waals surface area contributed by atoms with Crippen LogP contribution in [0.15, 0.2) is 60.8 Å². The van der Waals surface area contributed by atoms with Gasteiger partial charge in [0.25, 0.3) is 11.8 Å². The molecule has 1 aromatic heterocycles. The van der Waals surface area contributed by atoms with E-state index in [0.717, 1.165) is 28.1 Å². The van der Waals surface area contributed by atoms with Crippen molar-refractivity contribution in [1.82, 2.24) is 4.98 Å². The second-order valence-electron chi connectivity index (χ2n) is 7.07. The number of aryl methyl sites for hydroxylation is 3. The van der Waals surface area contributed by atoms with Gasteiger partial charge in [-0.05, 0) is 80.8 Å². The monoisotopic (exact) mass is 387 g/mol. The molecule has 0 aliphatic carbocycles. The van der Waals surface area contributed by atoms with Gasteiger partial charge in [0.15, 0.2) is 0 Å². The molecule has 0 radical (unpaired) electrons. The van der Waals surface area contributed by atoms with Crippen LogP contribution in [0.4, 0.5) is 11.4 Å². The zero-order chi connectivity index (χ0) is 21.0. The third kappa shape index (κ3) is 4.69. The van der Waals surface area contributed by atoms with Gasteiger partial charge in [0.1, 0.15) is 5.69 Å². The average molecular weight is 387 g/mol. The van der Waals surface area contributed by atoms with E-state index in [0.29, 0.717) is 12.1 Å². The normalized spacial score (nSPS) is 10.5. The number of nitrogens with zero attached hydrogens (tertiary/aromatic N) is 2. The summed E-state index contributed by atoms with van der Waals surface area (Å²) in [6.07, 6.45) is 1.49. The number of carbonyl (C=O) groups excluding carboxylic acids is 2. The molecule has 0 unspecified atom stereocenters. The van der Waals surface area contributed by atoms with E-state index in [4.69, 9.17) is 0 Å². The third-order valence-electron chi connectivity index (χ3n) is 4.88. The first kappa shape index (κ1) is 20.3. The fourth-order valence-electron chi connectivity index (χ4n) is 3.09. The molecule has 0 bridgehead atoms. The number of benzene rings is 2. The van der Waals surface area contributed by atoms with E-state index in [1.165, 1.54) is 12.3 Å². The lowest BCUT2D eigenvalue weighted by atomic mass is 10.1. The maximum absolute atomic E-state index is 13.0. The lowest BCUT2D eigenvalue weighted by molar-refractivity contribution is 0.0983. The molecule has 1 N–H and O–H groups in total. The number of pyridine rings is 1. The highest BCUT2D eigenvalue weighted by molar-refractivity contribution is 6.08. The van der Waals surface area contributed by atoms with Gasteiger partial charge >= 0.3 is 0 Å². The summed E-state index contributed by atoms with van der Waals surface area (Å²) in [6.45, 7) is 8.42. The van der Waals surface area contributed by atoms with Gasteiger partial charge in [-0.1, -0.05) is 18.2 Å². The Morgan fingerprint density at radius 2 is 1.76 bits per heavy atom. The zero-order valence-electron chi connectivity index (χ0n) is 17.2. The van der Waals surface area contributed by atoms with Crippen molar-refractivity contribution >= 4 is 23.2 Å². The van der Waals surface area contributed by atoms with Crippen molar-refractivity contribution in [3.05, 3.63) is 88.7 Å². The molecule has 0 aliphatic heterocycles. The predicted octanol–water partition coefficient (Wildman–Crippen LogP) is 4.93. The van der Waals surface area contributed by atoms with Crippen LogP contribution < -0.4 is 10.2 Å². The number of aromatic nitrogens is 1. The minimum atomic E-state index is -0.275. The summed E-state index contributed by atoms with van der Waals surface area (Å²) in [5.41, 5.74) is 5.49. The smallest absolute Gasteiger partial charge is 0.276 e. The standard InChI is InChI=1S/C24H25N3O2/c1-5-27(21-8-6-7-16(2)13-21)24(29)22-15-19(11-12-25-22)23(28)26-20-10-9-17(3)18(4)14-20/h6-15H,5H2,1-4H3,(H,26,28). The van der Waals surface area contributed by atoms with Gasteiger partial charge in [-0.25, -0.2) is 0 Å². The van der Waals surface area contributed by atoms with Crippen molar-refractivity contribution in [3.8, 4) is 0 Å². The summed E-state index contributed by atoms with van der Waals surface area (Å²) < 4.78 is 0. The van der Waals surface area contributed by atoms with Crippen molar-refractivity contribution < 1.29 is 9.59 Å². The number of hydrogen-bond acceptors (Lipinski definition) is 3. The van der Waals surface area contributed by atoms with Gasteiger partial charge in [-0.2, -0.15) is 0 Å². The van der Waals surface area contributed by atoms with E-state index in [1.807, 2.05) is 70.2 Å². The molecule has 0 atom stereocenters. The number of hydrogen-bond donors (Lipinski definition) is 1. The minimum absolute atomic E-state index is 0.237. The molecule has 2 aromatic carbocycles. The fourth-order valence-corrected chi connectivity index (χ4v) is 3.09. The summed E-state index contributed by atoms with van der Waals surface area (Å²) in [5, 5.41) is 2.88. The summed E-state index contributed by atoms with van der Waals surface area (Å²) in [4.78, 5) is 31.6. The molecule has 3 rings (SSSR count). The molecule has 0 spiro atoms. The molecule has 29 heavy (non-hydrogen) atoms. The van der Waals surface area contributed by atoms with E-state index in [-0.39, 0.29) is 17.5 Å². The molecule has 0 fully saturated rings. The summed E-state index contributed by atoms with van der Waals surface area (Å²) in [6, 6.07) is 16.7. The lowest BCUT2D eigenvalue weighted by Crippen LogP contribution is -2.31. The first-order valence-electron chi connectivity index (χ1n) is 9.62. The van der Waals surface area contributed by atoms with Crippen LogP contribution in [-0.4, -0.2) is 23.3 Å². The predicted molar refractivity (Wildman–Crippen MR) is 117 cm³/mol. The Balaban J connectivity index is 1.83. The fraction of sp³-hybridized carbons (Fsp3) is 0.208. The summed E-state index contributed by atoms with van der Waals surface area (Å²) in [7, 11) is 0. The highest BCUT2D eigenvalue weighted by Crippen LogP contribution is 2.19. The highest BCUT2D eigenvalue weighted by Gasteiger charge is 2.19. The second-order valence-corrected chi connectivity index (χ2v) is 7.07. The SMILES string of the molecule is CCN(C(=O)c1cc(C(=O)Nc2ccc(C)c(C)c2)ccn1)c1cccc(C)c1. The number of carbonyl (C=O) groups is 2. The molecule has 0 aliphatic rings. The van der Waals surface area contributed by atoms with Gasteiger partial charge < -0.3 is 10.2 Å². The Morgan fingerprint density at radius 1 is 0.966 bits per heavy atom. The van der Waals surface area contributed by atoms with Crippen molar-refractivity contribution in [1.29, 1.82) is 0 Å². The van der Waals surface area contributed by atoms with Gasteiger partial charge in [-0.15, -0.1) is 0 Å². The van der Waals surface area contributed by atoms with E-state index in [9.17, 15) is 9.59 Å². The first-order valence-corrected chi connectivity index (χ1v) is 9.62. The number of rotatable bonds is 5. The minimum Gasteiger partial charge on any atom is -0.322 e. The van der Waals surface area contributed by atoms with Crippen LogP contribution in [0.3, 0.4) is 0 Å². The van der Waals surface area contributed by atoms with Gasteiger partial charge in [0, 0.05) is 29.7 Å². The van der Waals surface area contributed by atoms with Crippen LogP contribution in [0.5, 0.6) is 0 Å². The molecule has 1 heterocycles. The van der Waals surface area contributed by atoms with Crippen LogP contribution in [-0.2, 0) is 0 Å². The molecule has 0 saturated carbocycles. The van der Waals surface area contributed by atoms with Gasteiger partial charge in [0.05, 0.1) is 0 Å². The second kappa shape index (κ2) is 8.69. The maximum atomic E-state index is 13.0. The van der Waals surface area contributed by atoms with Crippen LogP contribution in [0.2, 0.25) is 0 Å². The Kier molecular flexibility index (Phi) is 6.07. The average Bonchev–Trinajstić information content (AvgIpc) is 2.71. The largest absolute Gasteiger partial charge is 0.322 e. The van der Waals surface area contributed by atoms with E-state index < -0.39 is 0 Å². The summed E-state index contributed by atoms with van der Waals surface area (Å²) in [5.74, 6) is -0.512. The highest BCUT2D eigenvalue weighted by atomic mass is 16.2. The quantitative estimate of drug-likeness (QED) is 0.675. The Hall–Kier alpha value is -3.47. The van der Waals surface area contributed by atoms with E-state index >= 15 is 0 Å². The maximum Gasteiger partial charge on any atom is 0.276 e. The number of nitrogens with one attached hydrogen (secondary N) is 1. The molecule has 3 aromatic rings. The van der Waals surface area contributed by atoms with Crippen molar-refractivity contribution in [2.24, 2.45) is 0 Å². The van der Waals surface area contributed by atoms with Crippen LogP contribution in [0.1, 0.15) is 44.5 Å². The molecule has 148 valence electrons. The Bertz CT molecular complexity index is 1060. The molecular formula is C24H25N3O2. The van der Waals surface area contributed by atoms with Crippen LogP contribution >= 0.6 is 0 Å². The third-order valence-corrected chi connectivity index (χ3v) is 4.88. The van der Waals surface area contributed by atoms with Crippen LogP contribution in [0, 0.1) is 20.8 Å². The number of anilines is 2. The Morgan fingerprint density at radius 3 is 2.45 bits per heavy atom. The molecular weight excluding hydrogens is 362 g/mol. The summed E-state index contributed by atoms with van der Waals surface area (Å²) >= 11 is 0. The molecule has 5 nitrogen and oxygen atoms in total.